The lowest BCUT2D eigenvalue weighted by Crippen LogP contribution is -2.40. The Labute approximate surface area is 143 Å². The van der Waals surface area contributed by atoms with Crippen molar-refractivity contribution in [2.75, 3.05) is 34.2 Å². The fourth-order valence-electron chi connectivity index (χ4n) is 2.86. The van der Waals surface area contributed by atoms with Crippen LogP contribution in [0.25, 0.3) is 0 Å². The predicted molar refractivity (Wildman–Crippen MR) is 90.6 cm³/mol. The summed E-state index contributed by atoms with van der Waals surface area (Å²) < 4.78 is 27.3. The van der Waals surface area contributed by atoms with Gasteiger partial charge in [0.25, 0.3) is 16.1 Å². The van der Waals surface area contributed by atoms with Crippen LogP contribution in [0.3, 0.4) is 0 Å². The van der Waals surface area contributed by atoms with Crippen molar-refractivity contribution in [3.63, 3.8) is 0 Å². The van der Waals surface area contributed by atoms with Crippen molar-refractivity contribution in [2.45, 2.75) is 25.7 Å². The first-order valence-corrected chi connectivity index (χ1v) is 9.45. The molecule has 0 bridgehead atoms. The monoisotopic (exact) mass is 355 g/mol. The van der Waals surface area contributed by atoms with E-state index < -0.39 is 10.2 Å². The molecule has 8 nitrogen and oxygen atoms in total. The molecule has 1 aliphatic rings. The molecule has 1 amide bonds. The minimum Gasteiger partial charge on any atom is -0.354 e. The summed E-state index contributed by atoms with van der Waals surface area (Å²) in [6, 6.07) is 1.71. The number of nitrogens with zero attached hydrogens (tertiary/aromatic N) is 4. The lowest BCUT2D eigenvalue weighted by molar-refractivity contribution is 0.0957. The van der Waals surface area contributed by atoms with E-state index in [-0.39, 0.29) is 5.91 Å². The third-order valence-electron chi connectivity index (χ3n) is 4.28. The lowest BCUT2D eigenvalue weighted by atomic mass is 9.95. The highest BCUT2D eigenvalue weighted by molar-refractivity contribution is 7.86. The Hall–Kier alpha value is -1.58. The zero-order valence-corrected chi connectivity index (χ0v) is 15.2. The van der Waals surface area contributed by atoms with Crippen LogP contribution in [0.5, 0.6) is 0 Å². The smallest absolute Gasteiger partial charge is 0.281 e. The quantitative estimate of drug-likeness (QED) is 0.819. The molecule has 1 aliphatic heterocycles. The zero-order valence-electron chi connectivity index (χ0n) is 14.4. The normalized spacial score (nSPS) is 19.9. The van der Waals surface area contributed by atoms with Gasteiger partial charge in [-0.15, -0.1) is 0 Å². The van der Waals surface area contributed by atoms with Gasteiger partial charge in [0.15, 0.2) is 0 Å². The van der Waals surface area contributed by atoms with Gasteiger partial charge >= 0.3 is 0 Å². The van der Waals surface area contributed by atoms with E-state index in [4.69, 9.17) is 0 Å². The largest absolute Gasteiger partial charge is 0.354 e. The van der Waals surface area contributed by atoms with E-state index in [0.29, 0.717) is 24.7 Å². The van der Waals surface area contributed by atoms with Crippen LogP contribution >= 0.6 is 0 Å². The van der Waals surface area contributed by atoms with Crippen molar-refractivity contribution in [2.24, 2.45) is 5.92 Å². The SMILES string of the molecule is CNC(=O)c1cc(CC2CCCN(S(=O)(=O)N(C)C)CC2)ncn1. The molecule has 0 aromatic carbocycles. The Morgan fingerprint density at radius 1 is 1.33 bits per heavy atom. The summed E-state index contributed by atoms with van der Waals surface area (Å²) in [5.74, 6) is 0.113. The first kappa shape index (κ1) is 18.8. The molecular weight excluding hydrogens is 330 g/mol. The van der Waals surface area contributed by atoms with Gasteiger partial charge in [0, 0.05) is 39.9 Å². The molecule has 0 radical (unpaired) electrons. The maximum Gasteiger partial charge on any atom is 0.281 e. The Bertz CT molecular complexity index is 677. The van der Waals surface area contributed by atoms with Crippen LogP contribution in [0.2, 0.25) is 0 Å². The van der Waals surface area contributed by atoms with E-state index in [9.17, 15) is 13.2 Å². The molecule has 1 aromatic heterocycles. The van der Waals surface area contributed by atoms with Crippen molar-refractivity contribution in [1.82, 2.24) is 23.9 Å². The molecule has 1 aromatic rings. The molecule has 24 heavy (non-hydrogen) atoms. The molecule has 0 spiro atoms. The van der Waals surface area contributed by atoms with Gasteiger partial charge in [0.1, 0.15) is 12.0 Å². The van der Waals surface area contributed by atoms with Crippen LogP contribution < -0.4 is 5.32 Å². The maximum atomic E-state index is 12.2. The molecule has 9 heteroatoms. The molecule has 2 rings (SSSR count). The van der Waals surface area contributed by atoms with Crippen LogP contribution in [0.15, 0.2) is 12.4 Å². The number of carbonyl (C=O) groups excluding carboxylic acids is 1. The maximum absolute atomic E-state index is 12.2. The third kappa shape index (κ3) is 4.49. The van der Waals surface area contributed by atoms with Crippen molar-refractivity contribution >= 4 is 16.1 Å². The van der Waals surface area contributed by atoms with E-state index >= 15 is 0 Å². The first-order valence-electron chi connectivity index (χ1n) is 8.05. The van der Waals surface area contributed by atoms with Crippen molar-refractivity contribution in [3.8, 4) is 0 Å². The zero-order chi connectivity index (χ0) is 17.7. The van der Waals surface area contributed by atoms with Gasteiger partial charge in [-0.2, -0.15) is 17.0 Å². The number of aromatic nitrogens is 2. The van der Waals surface area contributed by atoms with E-state index in [0.717, 1.165) is 31.4 Å². The second-order valence-electron chi connectivity index (χ2n) is 6.16. The van der Waals surface area contributed by atoms with Gasteiger partial charge in [-0.1, -0.05) is 0 Å². The molecule has 0 saturated carbocycles. The average Bonchev–Trinajstić information content (AvgIpc) is 2.80. The summed E-state index contributed by atoms with van der Waals surface area (Å²) in [6.45, 7) is 1.06. The summed E-state index contributed by atoms with van der Waals surface area (Å²) in [5, 5.41) is 2.55. The second-order valence-corrected chi connectivity index (χ2v) is 8.31. The molecule has 1 atom stereocenters. The minimum atomic E-state index is -3.35. The highest BCUT2D eigenvalue weighted by atomic mass is 32.2. The highest BCUT2D eigenvalue weighted by Gasteiger charge is 2.27. The van der Waals surface area contributed by atoms with Crippen molar-refractivity contribution < 1.29 is 13.2 Å². The number of amides is 1. The molecule has 1 saturated heterocycles. The van der Waals surface area contributed by atoms with Crippen LogP contribution in [-0.4, -0.2) is 67.1 Å². The standard InChI is InChI=1S/C15H25N5O3S/c1-16-15(21)14-10-13(17-11-18-14)9-12-5-4-7-20(8-6-12)24(22,23)19(2)3/h10-12H,4-9H2,1-3H3,(H,16,21). The molecule has 1 N–H and O–H groups in total. The summed E-state index contributed by atoms with van der Waals surface area (Å²) in [7, 11) is 1.32. The molecule has 134 valence electrons. The fraction of sp³-hybridized carbons (Fsp3) is 0.667. The number of rotatable bonds is 5. The number of hydrogen-bond acceptors (Lipinski definition) is 5. The summed E-state index contributed by atoms with van der Waals surface area (Å²) in [4.78, 5) is 19.9. The number of carbonyl (C=O) groups is 1. The Balaban J connectivity index is 2.01. The van der Waals surface area contributed by atoms with E-state index in [1.54, 1.807) is 31.5 Å². The lowest BCUT2D eigenvalue weighted by Gasteiger charge is -2.23. The highest BCUT2D eigenvalue weighted by Crippen LogP contribution is 2.23. The Kier molecular flexibility index (Phi) is 6.25. The number of nitrogens with one attached hydrogen (secondary N) is 1. The minimum absolute atomic E-state index is 0.234. The van der Waals surface area contributed by atoms with Crippen LogP contribution in [-0.2, 0) is 16.6 Å². The van der Waals surface area contributed by atoms with E-state index in [2.05, 4.69) is 15.3 Å². The van der Waals surface area contributed by atoms with Crippen molar-refractivity contribution in [3.05, 3.63) is 23.8 Å². The first-order chi connectivity index (χ1) is 11.3. The van der Waals surface area contributed by atoms with Gasteiger partial charge in [-0.3, -0.25) is 4.79 Å². The van der Waals surface area contributed by atoms with Crippen LogP contribution in [0, 0.1) is 5.92 Å². The molecule has 0 aliphatic carbocycles. The Morgan fingerprint density at radius 2 is 2.08 bits per heavy atom. The average molecular weight is 355 g/mol. The van der Waals surface area contributed by atoms with E-state index in [1.165, 1.54) is 10.6 Å². The van der Waals surface area contributed by atoms with Crippen molar-refractivity contribution in [1.29, 1.82) is 0 Å². The molecule has 1 fully saturated rings. The summed E-state index contributed by atoms with van der Waals surface area (Å²) >= 11 is 0. The van der Waals surface area contributed by atoms with E-state index in [1.807, 2.05) is 0 Å². The molecule has 2 heterocycles. The second kappa shape index (κ2) is 8.00. The van der Waals surface area contributed by atoms with Gasteiger partial charge < -0.3 is 5.32 Å². The topological polar surface area (TPSA) is 95.5 Å². The summed E-state index contributed by atoms with van der Waals surface area (Å²) in [6.07, 6.45) is 4.68. The predicted octanol–water partition coefficient (Wildman–Crippen LogP) is 0.287. The third-order valence-corrected chi connectivity index (χ3v) is 6.22. The van der Waals surface area contributed by atoms with Gasteiger partial charge in [-0.25, -0.2) is 9.97 Å². The number of hydrogen-bond donors (Lipinski definition) is 1. The molecule has 1 unspecified atom stereocenters. The molecular formula is C15H25N5O3S. The van der Waals surface area contributed by atoms with Gasteiger partial charge in [-0.05, 0) is 37.7 Å². The van der Waals surface area contributed by atoms with Gasteiger partial charge in [0.05, 0.1) is 0 Å². The Morgan fingerprint density at radius 3 is 2.75 bits per heavy atom. The van der Waals surface area contributed by atoms with Crippen LogP contribution in [0.1, 0.15) is 35.4 Å². The summed E-state index contributed by atoms with van der Waals surface area (Å²) in [5.41, 5.74) is 1.17. The van der Waals surface area contributed by atoms with Gasteiger partial charge in [0.2, 0.25) is 0 Å². The fourth-order valence-corrected chi connectivity index (χ4v) is 4.02. The van der Waals surface area contributed by atoms with Crippen LogP contribution in [0.4, 0.5) is 0 Å².